The Morgan fingerprint density at radius 1 is 1.05 bits per heavy atom. The molecule has 2 rings (SSSR count). The Hall–Kier alpha value is -1.47. The number of nitrogens with one attached hydrogen (secondary N) is 1. The van der Waals surface area contributed by atoms with Gasteiger partial charge in [-0.2, -0.15) is 0 Å². The van der Waals surface area contributed by atoms with Gasteiger partial charge in [0, 0.05) is 10.5 Å². The molecule has 0 fully saturated rings. The number of rotatable bonds is 3. The quantitative estimate of drug-likeness (QED) is 0.902. The monoisotopic (exact) mass is 361 g/mol. The Balaban J connectivity index is 2.40. The number of sulfonamides is 1. The van der Waals surface area contributed by atoms with Gasteiger partial charge in [0.1, 0.15) is 11.6 Å². The zero-order chi connectivity index (χ0) is 14.9. The van der Waals surface area contributed by atoms with E-state index in [1.54, 1.807) is 18.2 Å². The third-order valence-electron chi connectivity index (χ3n) is 2.52. The van der Waals surface area contributed by atoms with E-state index in [0.717, 1.165) is 17.7 Å². The highest BCUT2D eigenvalue weighted by Crippen LogP contribution is 2.26. The first-order chi connectivity index (χ1) is 9.28. The third kappa shape index (κ3) is 3.34. The average molecular weight is 362 g/mol. The molecule has 106 valence electrons. The normalized spacial score (nSPS) is 11.4. The molecule has 0 atom stereocenters. The van der Waals surface area contributed by atoms with Crippen LogP contribution in [-0.2, 0) is 10.0 Å². The Morgan fingerprint density at radius 3 is 2.20 bits per heavy atom. The van der Waals surface area contributed by atoms with Crippen molar-refractivity contribution >= 4 is 31.6 Å². The van der Waals surface area contributed by atoms with Gasteiger partial charge in [0.25, 0.3) is 10.0 Å². The minimum Gasteiger partial charge on any atom is -0.278 e. The Labute approximate surface area is 123 Å². The molecule has 0 amide bonds. The van der Waals surface area contributed by atoms with Crippen LogP contribution in [0.1, 0.15) is 5.56 Å². The summed E-state index contributed by atoms with van der Waals surface area (Å²) in [5, 5.41) is 0. The Bertz CT molecular complexity index is 743. The van der Waals surface area contributed by atoms with E-state index in [2.05, 4.69) is 20.7 Å². The molecule has 0 unspecified atom stereocenters. The van der Waals surface area contributed by atoms with Crippen LogP contribution in [0.2, 0.25) is 0 Å². The summed E-state index contributed by atoms with van der Waals surface area (Å²) in [5.74, 6) is -1.90. The molecule has 0 bridgehead atoms. The van der Waals surface area contributed by atoms with Crippen molar-refractivity contribution in [3.63, 3.8) is 0 Å². The minimum atomic E-state index is -4.05. The molecule has 3 nitrogen and oxygen atoms in total. The molecule has 0 aromatic heterocycles. The van der Waals surface area contributed by atoms with Crippen LogP contribution in [0.5, 0.6) is 0 Å². The number of aryl methyl sites for hydroxylation is 1. The van der Waals surface area contributed by atoms with Gasteiger partial charge in [0.15, 0.2) is 0 Å². The van der Waals surface area contributed by atoms with Crippen molar-refractivity contribution in [2.24, 2.45) is 0 Å². The first-order valence-corrected chi connectivity index (χ1v) is 7.80. The highest BCUT2D eigenvalue weighted by molar-refractivity contribution is 9.10. The second-order valence-electron chi connectivity index (χ2n) is 4.19. The smallest absolute Gasteiger partial charge is 0.262 e. The van der Waals surface area contributed by atoms with Gasteiger partial charge < -0.3 is 0 Å². The second kappa shape index (κ2) is 5.49. The van der Waals surface area contributed by atoms with Crippen molar-refractivity contribution in [3.05, 3.63) is 58.1 Å². The summed E-state index contributed by atoms with van der Waals surface area (Å²) < 4.78 is 53.1. The SMILES string of the molecule is Cc1ccc(NS(=O)(=O)c2cc(F)cc(F)c2)c(Br)c1. The lowest BCUT2D eigenvalue weighted by Crippen LogP contribution is -2.14. The van der Waals surface area contributed by atoms with Gasteiger partial charge in [0.2, 0.25) is 0 Å². The van der Waals surface area contributed by atoms with E-state index in [4.69, 9.17) is 0 Å². The second-order valence-corrected chi connectivity index (χ2v) is 6.73. The summed E-state index contributed by atoms with van der Waals surface area (Å²) in [6.07, 6.45) is 0. The first-order valence-electron chi connectivity index (χ1n) is 5.53. The van der Waals surface area contributed by atoms with Crippen molar-refractivity contribution < 1.29 is 17.2 Å². The molecule has 0 radical (unpaired) electrons. The number of hydrogen-bond donors (Lipinski definition) is 1. The fraction of sp³-hybridized carbons (Fsp3) is 0.0769. The van der Waals surface area contributed by atoms with Crippen LogP contribution in [0.3, 0.4) is 0 Å². The topological polar surface area (TPSA) is 46.2 Å². The van der Waals surface area contributed by atoms with Crippen LogP contribution >= 0.6 is 15.9 Å². The lowest BCUT2D eigenvalue weighted by Gasteiger charge is -2.10. The maximum absolute atomic E-state index is 13.1. The highest BCUT2D eigenvalue weighted by Gasteiger charge is 2.17. The average Bonchev–Trinajstić information content (AvgIpc) is 2.31. The van der Waals surface area contributed by atoms with Gasteiger partial charge in [0.05, 0.1) is 10.6 Å². The Kier molecular flexibility index (Phi) is 4.10. The predicted octanol–water partition coefficient (Wildman–Crippen LogP) is 3.84. The van der Waals surface area contributed by atoms with E-state index in [1.807, 2.05) is 6.92 Å². The highest BCUT2D eigenvalue weighted by atomic mass is 79.9. The molecule has 0 saturated heterocycles. The molecule has 1 N–H and O–H groups in total. The molecule has 0 aliphatic carbocycles. The molecule has 2 aromatic rings. The van der Waals surface area contributed by atoms with Crippen LogP contribution < -0.4 is 4.72 Å². The standard InChI is InChI=1S/C13H10BrF2NO2S/c1-8-2-3-13(12(14)4-8)17-20(18,19)11-6-9(15)5-10(16)7-11/h2-7,17H,1H3. The zero-order valence-corrected chi connectivity index (χ0v) is 12.7. The van der Waals surface area contributed by atoms with E-state index >= 15 is 0 Å². The summed E-state index contributed by atoms with van der Waals surface area (Å²) in [4.78, 5) is -0.470. The molecule has 0 heterocycles. The molecule has 0 aliphatic rings. The zero-order valence-electron chi connectivity index (χ0n) is 10.3. The molecular formula is C13H10BrF2NO2S. The molecule has 0 saturated carbocycles. The number of benzene rings is 2. The van der Waals surface area contributed by atoms with Crippen LogP contribution in [0, 0.1) is 18.6 Å². The molecule has 0 spiro atoms. The molecule has 2 aromatic carbocycles. The van der Waals surface area contributed by atoms with Crippen LogP contribution in [0.4, 0.5) is 14.5 Å². The van der Waals surface area contributed by atoms with E-state index in [9.17, 15) is 17.2 Å². The summed E-state index contributed by atoms with van der Waals surface area (Å²) in [7, 11) is -4.05. The maximum Gasteiger partial charge on any atom is 0.262 e. The number of anilines is 1. The van der Waals surface area contributed by atoms with E-state index in [-0.39, 0.29) is 0 Å². The molecule has 7 heteroatoms. The van der Waals surface area contributed by atoms with Crippen LogP contribution in [0.25, 0.3) is 0 Å². The number of hydrogen-bond acceptors (Lipinski definition) is 2. The summed E-state index contributed by atoms with van der Waals surface area (Å²) in [5.41, 5.74) is 1.23. The van der Waals surface area contributed by atoms with Crippen LogP contribution in [-0.4, -0.2) is 8.42 Å². The third-order valence-corrected chi connectivity index (χ3v) is 4.52. The van der Waals surface area contributed by atoms with Gasteiger partial charge in [-0.05, 0) is 52.7 Å². The van der Waals surface area contributed by atoms with Crippen molar-refractivity contribution in [3.8, 4) is 0 Å². The predicted molar refractivity (Wildman–Crippen MR) is 76.0 cm³/mol. The van der Waals surface area contributed by atoms with Gasteiger partial charge in [-0.15, -0.1) is 0 Å². The minimum absolute atomic E-state index is 0.292. The van der Waals surface area contributed by atoms with Crippen molar-refractivity contribution in [2.75, 3.05) is 4.72 Å². The molecular weight excluding hydrogens is 352 g/mol. The van der Waals surface area contributed by atoms with Crippen molar-refractivity contribution in [1.82, 2.24) is 0 Å². The lowest BCUT2D eigenvalue weighted by molar-refractivity contribution is 0.568. The van der Waals surface area contributed by atoms with Crippen LogP contribution in [0.15, 0.2) is 45.8 Å². The fourth-order valence-corrected chi connectivity index (χ4v) is 3.43. The maximum atomic E-state index is 13.1. The van der Waals surface area contributed by atoms with Crippen molar-refractivity contribution in [2.45, 2.75) is 11.8 Å². The summed E-state index contributed by atoms with van der Waals surface area (Å²) in [6.45, 7) is 1.85. The van der Waals surface area contributed by atoms with E-state index < -0.39 is 26.6 Å². The van der Waals surface area contributed by atoms with Gasteiger partial charge >= 0.3 is 0 Å². The lowest BCUT2D eigenvalue weighted by atomic mass is 10.2. The van der Waals surface area contributed by atoms with E-state index in [1.165, 1.54) is 0 Å². The van der Waals surface area contributed by atoms with Gasteiger partial charge in [-0.25, -0.2) is 17.2 Å². The molecule has 0 aliphatic heterocycles. The fourth-order valence-electron chi connectivity index (χ4n) is 1.59. The molecule has 20 heavy (non-hydrogen) atoms. The van der Waals surface area contributed by atoms with Crippen molar-refractivity contribution in [1.29, 1.82) is 0 Å². The van der Waals surface area contributed by atoms with Gasteiger partial charge in [-0.1, -0.05) is 6.07 Å². The first kappa shape index (κ1) is 14.9. The van der Waals surface area contributed by atoms with E-state index in [0.29, 0.717) is 16.2 Å². The summed E-state index contributed by atoms with van der Waals surface area (Å²) >= 11 is 3.23. The summed E-state index contributed by atoms with van der Waals surface area (Å²) in [6, 6.07) is 7.13. The largest absolute Gasteiger partial charge is 0.278 e. The Morgan fingerprint density at radius 2 is 1.65 bits per heavy atom. The number of halogens is 3. The van der Waals surface area contributed by atoms with Gasteiger partial charge in [-0.3, -0.25) is 4.72 Å².